The monoisotopic (exact) mass is 428 g/mol. The summed E-state index contributed by atoms with van der Waals surface area (Å²) in [4.78, 5) is 34.4. The number of esters is 1. The van der Waals surface area contributed by atoms with Crippen LogP contribution in [0.2, 0.25) is 5.02 Å². The minimum atomic E-state index is -0.743. The Morgan fingerprint density at radius 1 is 1.27 bits per heavy atom. The third-order valence-electron chi connectivity index (χ3n) is 5.00. The van der Waals surface area contributed by atoms with Crippen LogP contribution in [0.25, 0.3) is 0 Å². The molecule has 0 bridgehead atoms. The van der Waals surface area contributed by atoms with E-state index in [0.29, 0.717) is 18.0 Å². The van der Waals surface area contributed by atoms with E-state index in [0.717, 1.165) is 23.0 Å². The number of nitrogens with one attached hydrogen (secondary N) is 2. The highest BCUT2D eigenvalue weighted by molar-refractivity contribution is 6.30. The normalized spacial score (nSPS) is 15.4. The van der Waals surface area contributed by atoms with Gasteiger partial charge in [0.05, 0.1) is 30.4 Å². The number of hydrogen-bond acceptors (Lipinski definition) is 4. The van der Waals surface area contributed by atoms with Crippen LogP contribution >= 0.6 is 11.6 Å². The van der Waals surface area contributed by atoms with Gasteiger partial charge in [-0.25, -0.2) is 19.0 Å². The number of amides is 2. The van der Waals surface area contributed by atoms with E-state index in [9.17, 15) is 14.0 Å². The number of urea groups is 1. The summed E-state index contributed by atoms with van der Waals surface area (Å²) in [6.45, 7) is 0.420. The van der Waals surface area contributed by atoms with Crippen LogP contribution in [0, 0.1) is 5.82 Å². The Morgan fingerprint density at radius 2 is 2.03 bits per heavy atom. The predicted octanol–water partition coefficient (Wildman–Crippen LogP) is 4.17. The number of rotatable bonds is 3. The summed E-state index contributed by atoms with van der Waals surface area (Å²) >= 11 is 6.02. The van der Waals surface area contributed by atoms with E-state index in [1.807, 2.05) is 12.1 Å². The molecule has 1 aliphatic heterocycles. The van der Waals surface area contributed by atoms with Crippen molar-refractivity contribution in [3.8, 4) is 0 Å². The summed E-state index contributed by atoms with van der Waals surface area (Å²) in [5.41, 5.74) is 2.64. The van der Waals surface area contributed by atoms with Crippen LogP contribution < -0.4 is 5.32 Å². The number of nitrogens with zero attached hydrogens (tertiary/aromatic N) is 2. The minimum absolute atomic E-state index is 0.0636. The molecule has 4 rings (SSSR count). The van der Waals surface area contributed by atoms with Crippen molar-refractivity contribution < 1.29 is 18.7 Å². The van der Waals surface area contributed by atoms with Crippen molar-refractivity contribution in [2.75, 3.05) is 19.0 Å². The standard InChI is InChI=1S/C21H18ClFN4O3/c1-30-20(28)15-10-14(23)6-7-16(15)26-21(29)27-9-8-17-18(25-11-24-17)19(27)12-2-4-13(22)5-3-12/h2-7,10-11,19H,8-9H2,1H3,(H,24,25)(H,26,29)/t19-/m0/s1. The van der Waals surface area contributed by atoms with Crippen molar-refractivity contribution in [2.45, 2.75) is 12.5 Å². The molecular formula is C21H18ClFN4O3. The smallest absolute Gasteiger partial charge is 0.340 e. The number of H-pyrrole nitrogens is 1. The lowest BCUT2D eigenvalue weighted by molar-refractivity contribution is 0.0601. The summed E-state index contributed by atoms with van der Waals surface area (Å²) < 4.78 is 18.3. The molecule has 2 N–H and O–H groups in total. The fourth-order valence-electron chi connectivity index (χ4n) is 3.57. The summed E-state index contributed by atoms with van der Waals surface area (Å²) in [5.74, 6) is -1.35. The van der Waals surface area contributed by atoms with Gasteiger partial charge in [-0.1, -0.05) is 23.7 Å². The second-order valence-electron chi connectivity index (χ2n) is 6.78. The fraction of sp³-hybridized carbons (Fsp3) is 0.190. The van der Waals surface area contributed by atoms with Gasteiger partial charge in [-0.3, -0.25) is 0 Å². The molecule has 0 unspecified atom stereocenters. The molecule has 0 saturated heterocycles. The number of aromatic amines is 1. The maximum absolute atomic E-state index is 13.6. The number of ether oxygens (including phenoxy) is 1. The topological polar surface area (TPSA) is 87.3 Å². The van der Waals surface area contributed by atoms with Gasteiger partial charge in [-0.15, -0.1) is 0 Å². The van der Waals surface area contributed by atoms with Gasteiger partial charge in [-0.05, 0) is 35.9 Å². The molecule has 2 heterocycles. The van der Waals surface area contributed by atoms with Gasteiger partial charge in [0.15, 0.2) is 0 Å². The highest BCUT2D eigenvalue weighted by Crippen LogP contribution is 2.34. The average molecular weight is 429 g/mol. The number of benzene rings is 2. The van der Waals surface area contributed by atoms with Gasteiger partial charge in [0, 0.05) is 23.7 Å². The Hall–Kier alpha value is -3.39. The first-order valence-corrected chi connectivity index (χ1v) is 9.59. The minimum Gasteiger partial charge on any atom is -0.465 e. The van der Waals surface area contributed by atoms with Crippen LogP contribution in [-0.2, 0) is 11.2 Å². The van der Waals surface area contributed by atoms with E-state index in [1.165, 1.54) is 19.2 Å². The van der Waals surface area contributed by atoms with E-state index in [2.05, 4.69) is 15.3 Å². The third-order valence-corrected chi connectivity index (χ3v) is 5.25. The number of anilines is 1. The number of halogens is 2. The first kappa shape index (κ1) is 19.9. The summed E-state index contributed by atoms with van der Waals surface area (Å²) in [6, 6.07) is 9.83. The van der Waals surface area contributed by atoms with Crippen LogP contribution in [0.3, 0.4) is 0 Å². The number of methoxy groups -OCH3 is 1. The number of aromatic nitrogens is 2. The zero-order valence-electron chi connectivity index (χ0n) is 16.0. The second kappa shape index (κ2) is 8.16. The SMILES string of the molecule is COC(=O)c1cc(F)ccc1NC(=O)N1CCc2[nH]cnc2[C@@H]1c1ccc(Cl)cc1. The van der Waals surface area contributed by atoms with E-state index in [-0.39, 0.29) is 11.3 Å². The third kappa shape index (κ3) is 3.73. The molecule has 2 amide bonds. The quantitative estimate of drug-likeness (QED) is 0.613. The Bertz CT molecular complexity index is 1100. The van der Waals surface area contributed by atoms with E-state index in [1.54, 1.807) is 23.4 Å². The summed E-state index contributed by atoms with van der Waals surface area (Å²) in [6.07, 6.45) is 2.20. The van der Waals surface area contributed by atoms with Gasteiger partial charge in [0.25, 0.3) is 0 Å². The second-order valence-corrected chi connectivity index (χ2v) is 7.21. The van der Waals surface area contributed by atoms with Gasteiger partial charge >= 0.3 is 12.0 Å². The lowest BCUT2D eigenvalue weighted by Gasteiger charge is -2.35. The first-order valence-electron chi connectivity index (χ1n) is 9.21. The summed E-state index contributed by atoms with van der Waals surface area (Å²) in [5, 5.41) is 3.30. The molecule has 9 heteroatoms. The molecule has 154 valence electrons. The van der Waals surface area contributed by atoms with Crippen LogP contribution in [0.1, 0.15) is 33.4 Å². The Kier molecular flexibility index (Phi) is 5.41. The molecule has 7 nitrogen and oxygen atoms in total. The lowest BCUT2D eigenvalue weighted by Crippen LogP contribution is -2.43. The van der Waals surface area contributed by atoms with Crippen molar-refractivity contribution in [1.82, 2.24) is 14.9 Å². The fourth-order valence-corrected chi connectivity index (χ4v) is 3.70. The largest absolute Gasteiger partial charge is 0.465 e. The zero-order valence-corrected chi connectivity index (χ0v) is 16.7. The van der Waals surface area contributed by atoms with Crippen molar-refractivity contribution in [3.05, 3.63) is 82.1 Å². The van der Waals surface area contributed by atoms with Crippen molar-refractivity contribution in [1.29, 1.82) is 0 Å². The number of carbonyl (C=O) groups excluding carboxylic acids is 2. The molecule has 0 aliphatic carbocycles. The van der Waals surface area contributed by atoms with Crippen LogP contribution in [0.4, 0.5) is 14.9 Å². The Balaban J connectivity index is 1.68. The lowest BCUT2D eigenvalue weighted by atomic mass is 9.96. The average Bonchev–Trinajstić information content (AvgIpc) is 3.23. The van der Waals surface area contributed by atoms with Crippen LogP contribution in [0.15, 0.2) is 48.8 Å². The molecular weight excluding hydrogens is 411 g/mol. The Labute approximate surface area is 176 Å². The molecule has 30 heavy (non-hydrogen) atoms. The molecule has 2 aromatic carbocycles. The van der Waals surface area contributed by atoms with E-state index >= 15 is 0 Å². The highest BCUT2D eigenvalue weighted by Gasteiger charge is 2.34. The Morgan fingerprint density at radius 3 is 2.77 bits per heavy atom. The predicted molar refractivity (Wildman–Crippen MR) is 109 cm³/mol. The van der Waals surface area contributed by atoms with Crippen LogP contribution in [-0.4, -0.2) is 40.5 Å². The first-order chi connectivity index (χ1) is 14.5. The molecule has 0 saturated carbocycles. The van der Waals surface area contributed by atoms with Crippen molar-refractivity contribution >= 4 is 29.3 Å². The van der Waals surface area contributed by atoms with E-state index in [4.69, 9.17) is 16.3 Å². The number of imidazole rings is 1. The molecule has 0 radical (unpaired) electrons. The van der Waals surface area contributed by atoms with Gasteiger partial charge in [0.1, 0.15) is 11.9 Å². The van der Waals surface area contributed by atoms with Crippen LogP contribution in [0.5, 0.6) is 0 Å². The molecule has 0 spiro atoms. The number of carbonyl (C=O) groups is 2. The van der Waals surface area contributed by atoms with Gasteiger partial charge in [0.2, 0.25) is 0 Å². The molecule has 3 aromatic rings. The maximum Gasteiger partial charge on any atom is 0.340 e. The molecule has 1 aliphatic rings. The van der Waals surface area contributed by atoms with Gasteiger partial charge in [-0.2, -0.15) is 0 Å². The molecule has 1 atom stereocenters. The van der Waals surface area contributed by atoms with E-state index < -0.39 is 23.9 Å². The zero-order chi connectivity index (χ0) is 21.3. The van der Waals surface area contributed by atoms with Gasteiger partial charge < -0.3 is 19.9 Å². The summed E-state index contributed by atoms with van der Waals surface area (Å²) in [7, 11) is 1.19. The molecule has 0 fully saturated rings. The highest BCUT2D eigenvalue weighted by atomic mass is 35.5. The van der Waals surface area contributed by atoms with Crippen molar-refractivity contribution in [3.63, 3.8) is 0 Å². The number of hydrogen-bond donors (Lipinski definition) is 2. The number of fused-ring (bicyclic) bond motifs is 1. The maximum atomic E-state index is 13.6. The van der Waals surface area contributed by atoms with Crippen molar-refractivity contribution in [2.24, 2.45) is 0 Å². The molecule has 1 aromatic heterocycles.